The summed E-state index contributed by atoms with van der Waals surface area (Å²) < 4.78 is 11.1. The fraction of sp³-hybridized carbons (Fsp3) is 0.500. The zero-order valence-corrected chi connectivity index (χ0v) is 19.0. The number of nitrogens with zero attached hydrogens (tertiary/aromatic N) is 3. The number of pyridine rings is 1. The minimum absolute atomic E-state index is 0.634. The van der Waals surface area contributed by atoms with Gasteiger partial charge >= 0.3 is 0 Å². The second kappa shape index (κ2) is 12.2. The lowest BCUT2D eigenvalue weighted by molar-refractivity contribution is 0.171. The minimum atomic E-state index is 0.634. The lowest BCUT2D eigenvalue weighted by Gasteiger charge is -2.18. The molecule has 1 saturated heterocycles. The fourth-order valence-electron chi connectivity index (χ4n) is 3.60. The number of rotatable bonds is 10. The van der Waals surface area contributed by atoms with Crippen LogP contribution >= 0.6 is 0 Å². The molecule has 0 saturated carbocycles. The summed E-state index contributed by atoms with van der Waals surface area (Å²) in [7, 11) is 3.49. The molecule has 0 aliphatic carbocycles. The van der Waals surface area contributed by atoms with Gasteiger partial charge in [-0.2, -0.15) is 0 Å². The third-order valence-corrected chi connectivity index (χ3v) is 5.34. The molecule has 2 heterocycles. The molecule has 0 amide bonds. The molecule has 2 aromatic rings. The van der Waals surface area contributed by atoms with Gasteiger partial charge in [-0.05, 0) is 49.1 Å². The van der Waals surface area contributed by atoms with Gasteiger partial charge in [-0.15, -0.1) is 0 Å². The Morgan fingerprint density at radius 3 is 2.68 bits per heavy atom. The van der Waals surface area contributed by atoms with Crippen LogP contribution in [0, 0.1) is 6.92 Å². The third kappa shape index (κ3) is 7.14. The number of aryl methyl sites for hydroxylation is 1. The number of anilines is 1. The first kappa shape index (κ1) is 22.9. The molecule has 0 radical (unpaired) electrons. The number of methoxy groups -OCH3 is 1. The van der Waals surface area contributed by atoms with E-state index in [1.54, 1.807) is 14.2 Å². The number of ether oxygens (including phenoxy) is 2. The van der Waals surface area contributed by atoms with Crippen LogP contribution in [0.25, 0.3) is 0 Å². The summed E-state index contributed by atoms with van der Waals surface area (Å²) in [5.74, 6) is 2.73. The summed E-state index contributed by atoms with van der Waals surface area (Å²) in [5.41, 5.74) is 3.48. The van der Waals surface area contributed by atoms with Gasteiger partial charge in [-0.3, -0.25) is 4.99 Å². The highest BCUT2D eigenvalue weighted by molar-refractivity contribution is 5.79. The van der Waals surface area contributed by atoms with Crippen LogP contribution in [-0.2, 0) is 17.8 Å². The van der Waals surface area contributed by atoms with E-state index in [0.717, 1.165) is 42.6 Å². The van der Waals surface area contributed by atoms with Gasteiger partial charge in [0.2, 0.25) is 0 Å². The molecule has 0 atom stereocenters. The summed E-state index contributed by atoms with van der Waals surface area (Å²) in [6.07, 6.45) is 5.25. The Bertz CT molecular complexity index is 850. The summed E-state index contributed by atoms with van der Waals surface area (Å²) >= 11 is 0. The van der Waals surface area contributed by atoms with Crippen molar-refractivity contribution in [3.63, 3.8) is 0 Å². The van der Waals surface area contributed by atoms with Gasteiger partial charge < -0.3 is 25.0 Å². The van der Waals surface area contributed by atoms with Crippen molar-refractivity contribution >= 4 is 11.8 Å². The number of nitrogens with one attached hydrogen (secondary N) is 2. The van der Waals surface area contributed by atoms with Crippen LogP contribution in [0.5, 0.6) is 5.75 Å². The standard InChI is InChI=1S/C24H35N5O2/c1-19-7-8-21(22(15-19)31-14-6-13-30-3)18-28-24(25-2)27-17-20-9-10-26-23(16-20)29-11-4-5-12-29/h7-10,15-16H,4-6,11-14,17-18H2,1-3H3,(H2,25,27,28). The highest BCUT2D eigenvalue weighted by atomic mass is 16.5. The van der Waals surface area contributed by atoms with Crippen molar-refractivity contribution in [3.05, 3.63) is 53.2 Å². The van der Waals surface area contributed by atoms with E-state index in [0.29, 0.717) is 26.3 Å². The number of aromatic nitrogens is 1. The Morgan fingerprint density at radius 1 is 1.10 bits per heavy atom. The Balaban J connectivity index is 1.53. The zero-order valence-electron chi connectivity index (χ0n) is 19.0. The predicted molar refractivity (Wildman–Crippen MR) is 126 cm³/mol. The summed E-state index contributed by atoms with van der Waals surface area (Å²) in [5, 5.41) is 6.80. The highest BCUT2D eigenvalue weighted by Gasteiger charge is 2.13. The Morgan fingerprint density at radius 2 is 1.90 bits per heavy atom. The van der Waals surface area contributed by atoms with Crippen molar-refractivity contribution in [2.75, 3.05) is 45.4 Å². The van der Waals surface area contributed by atoms with Crippen molar-refractivity contribution in [2.24, 2.45) is 4.99 Å². The van der Waals surface area contributed by atoms with Crippen LogP contribution in [0.3, 0.4) is 0 Å². The first-order valence-corrected chi connectivity index (χ1v) is 11.1. The number of benzene rings is 1. The number of hydrogen-bond donors (Lipinski definition) is 2. The molecule has 0 spiro atoms. The van der Waals surface area contributed by atoms with E-state index >= 15 is 0 Å². The SMILES string of the molecule is CN=C(NCc1ccnc(N2CCCC2)c1)NCc1ccc(C)cc1OCCCOC. The first-order chi connectivity index (χ1) is 15.2. The van der Waals surface area contributed by atoms with Gasteiger partial charge in [-0.25, -0.2) is 4.98 Å². The molecule has 1 fully saturated rings. The van der Waals surface area contributed by atoms with Gasteiger partial charge in [0.15, 0.2) is 5.96 Å². The topological polar surface area (TPSA) is 71.0 Å². The maximum absolute atomic E-state index is 5.99. The molecule has 1 aliphatic rings. The molecule has 7 heteroatoms. The lowest BCUT2D eigenvalue weighted by Crippen LogP contribution is -2.36. The fourth-order valence-corrected chi connectivity index (χ4v) is 3.60. The van der Waals surface area contributed by atoms with Gasteiger partial charge in [0, 0.05) is 65.1 Å². The molecule has 1 aromatic heterocycles. The molecular formula is C24H35N5O2. The molecule has 7 nitrogen and oxygen atoms in total. The second-order valence-corrected chi connectivity index (χ2v) is 7.80. The van der Waals surface area contributed by atoms with E-state index in [4.69, 9.17) is 9.47 Å². The van der Waals surface area contributed by atoms with E-state index in [1.807, 2.05) is 12.3 Å². The van der Waals surface area contributed by atoms with Crippen LogP contribution in [0.15, 0.2) is 41.5 Å². The Labute approximate surface area is 185 Å². The Kier molecular flexibility index (Phi) is 8.97. The average molecular weight is 426 g/mol. The molecule has 1 aromatic carbocycles. The lowest BCUT2D eigenvalue weighted by atomic mass is 10.1. The van der Waals surface area contributed by atoms with Gasteiger partial charge in [0.1, 0.15) is 11.6 Å². The molecule has 3 rings (SSSR count). The molecule has 31 heavy (non-hydrogen) atoms. The van der Waals surface area contributed by atoms with E-state index in [2.05, 4.69) is 56.7 Å². The molecule has 0 bridgehead atoms. The second-order valence-electron chi connectivity index (χ2n) is 7.80. The summed E-state index contributed by atoms with van der Waals surface area (Å²) in [6, 6.07) is 10.5. The smallest absolute Gasteiger partial charge is 0.191 e. The van der Waals surface area contributed by atoms with Crippen molar-refractivity contribution < 1.29 is 9.47 Å². The van der Waals surface area contributed by atoms with Gasteiger partial charge in [-0.1, -0.05) is 12.1 Å². The van der Waals surface area contributed by atoms with Crippen molar-refractivity contribution in [2.45, 2.75) is 39.3 Å². The summed E-state index contributed by atoms with van der Waals surface area (Å²) in [6.45, 7) is 6.93. The average Bonchev–Trinajstić information content (AvgIpc) is 3.33. The van der Waals surface area contributed by atoms with Gasteiger partial charge in [0.05, 0.1) is 6.61 Å². The van der Waals surface area contributed by atoms with Gasteiger partial charge in [0.25, 0.3) is 0 Å². The Hall–Kier alpha value is -2.80. The van der Waals surface area contributed by atoms with E-state index in [1.165, 1.54) is 24.0 Å². The van der Waals surface area contributed by atoms with Crippen molar-refractivity contribution in [1.29, 1.82) is 0 Å². The predicted octanol–water partition coefficient (Wildman–Crippen LogP) is 3.27. The van der Waals surface area contributed by atoms with Crippen molar-refractivity contribution in [1.82, 2.24) is 15.6 Å². The molecule has 168 valence electrons. The monoisotopic (exact) mass is 425 g/mol. The van der Waals surface area contributed by atoms with Crippen LogP contribution < -0.4 is 20.3 Å². The van der Waals surface area contributed by atoms with Crippen LogP contribution in [0.4, 0.5) is 5.82 Å². The zero-order chi connectivity index (χ0) is 21.9. The first-order valence-electron chi connectivity index (χ1n) is 11.1. The van der Waals surface area contributed by atoms with E-state index in [9.17, 15) is 0 Å². The third-order valence-electron chi connectivity index (χ3n) is 5.34. The van der Waals surface area contributed by atoms with Crippen molar-refractivity contribution in [3.8, 4) is 5.75 Å². The maximum Gasteiger partial charge on any atom is 0.191 e. The number of aliphatic imine (C=N–C) groups is 1. The highest BCUT2D eigenvalue weighted by Crippen LogP contribution is 2.21. The maximum atomic E-state index is 5.99. The quantitative estimate of drug-likeness (QED) is 0.346. The molecule has 1 aliphatic heterocycles. The minimum Gasteiger partial charge on any atom is -0.493 e. The summed E-state index contributed by atoms with van der Waals surface area (Å²) in [4.78, 5) is 11.2. The van der Waals surface area contributed by atoms with Crippen LogP contribution in [-0.4, -0.2) is 51.4 Å². The van der Waals surface area contributed by atoms with Crippen LogP contribution in [0.1, 0.15) is 36.0 Å². The van der Waals surface area contributed by atoms with E-state index in [-0.39, 0.29) is 0 Å². The number of guanidine groups is 1. The molecular weight excluding hydrogens is 390 g/mol. The normalized spacial score (nSPS) is 14.0. The number of hydrogen-bond acceptors (Lipinski definition) is 5. The van der Waals surface area contributed by atoms with E-state index < -0.39 is 0 Å². The largest absolute Gasteiger partial charge is 0.493 e. The molecule has 2 N–H and O–H groups in total. The van der Waals surface area contributed by atoms with Crippen LogP contribution in [0.2, 0.25) is 0 Å². The molecule has 0 unspecified atom stereocenters.